The van der Waals surface area contributed by atoms with Crippen molar-refractivity contribution in [3.05, 3.63) is 0 Å². The maximum Gasteiger partial charge on any atom is 0.303 e. The van der Waals surface area contributed by atoms with E-state index >= 15 is 0 Å². The van der Waals surface area contributed by atoms with Gasteiger partial charge in [-0.1, -0.05) is 20.8 Å². The van der Waals surface area contributed by atoms with Crippen LogP contribution in [0.1, 0.15) is 40.0 Å². The topological polar surface area (TPSA) is 75.6 Å². The minimum absolute atomic E-state index is 0.0161. The fourth-order valence-electron chi connectivity index (χ4n) is 1.77. The zero-order chi connectivity index (χ0) is 14.0. The first-order valence-corrected chi connectivity index (χ1v) is 6.51. The summed E-state index contributed by atoms with van der Waals surface area (Å²) in [6.45, 7) is 7.08. The number of hydrogen-bond donors (Lipinski definition) is 2. The van der Waals surface area contributed by atoms with Crippen molar-refractivity contribution in [1.29, 1.82) is 0 Å². The molecule has 0 saturated heterocycles. The smallest absolute Gasteiger partial charge is 0.303 e. The van der Waals surface area contributed by atoms with Gasteiger partial charge in [0.2, 0.25) is 5.91 Å². The Hall–Kier alpha value is -1.10. The van der Waals surface area contributed by atoms with E-state index in [2.05, 4.69) is 5.32 Å². The zero-order valence-corrected chi connectivity index (χ0v) is 11.6. The molecule has 0 radical (unpaired) electrons. The molecule has 0 aliphatic carbocycles. The van der Waals surface area contributed by atoms with E-state index in [0.29, 0.717) is 19.1 Å². The molecule has 5 heteroatoms. The maximum absolute atomic E-state index is 11.4. The Bertz CT molecular complexity index is 253. The van der Waals surface area contributed by atoms with Crippen LogP contribution in [0.15, 0.2) is 0 Å². The molecule has 0 heterocycles. The summed E-state index contributed by atoms with van der Waals surface area (Å²) in [6, 6.07) is 0. The van der Waals surface area contributed by atoms with Gasteiger partial charge in [0.1, 0.15) is 6.61 Å². The third kappa shape index (κ3) is 10.1. The van der Waals surface area contributed by atoms with E-state index in [9.17, 15) is 9.59 Å². The molecule has 2 N–H and O–H groups in total. The van der Waals surface area contributed by atoms with Crippen LogP contribution in [0.3, 0.4) is 0 Å². The molecular weight excluding hydrogens is 234 g/mol. The molecule has 1 amide bonds. The molecule has 18 heavy (non-hydrogen) atoms. The Morgan fingerprint density at radius 1 is 1.33 bits per heavy atom. The zero-order valence-electron chi connectivity index (χ0n) is 11.6. The predicted octanol–water partition coefficient (Wildman–Crippen LogP) is 1.67. The van der Waals surface area contributed by atoms with Gasteiger partial charge in [0.15, 0.2) is 0 Å². The number of ether oxygens (including phenoxy) is 1. The monoisotopic (exact) mass is 259 g/mol. The molecule has 1 atom stereocenters. The Kier molecular flexibility index (Phi) is 9.28. The summed E-state index contributed by atoms with van der Waals surface area (Å²) in [5, 5.41) is 11.5. The highest BCUT2D eigenvalue weighted by atomic mass is 16.5. The lowest BCUT2D eigenvalue weighted by Crippen LogP contribution is -2.33. The molecule has 0 spiro atoms. The highest BCUT2D eigenvalue weighted by Gasteiger charge is 2.15. The van der Waals surface area contributed by atoms with Crippen LogP contribution in [0, 0.1) is 11.8 Å². The van der Waals surface area contributed by atoms with E-state index < -0.39 is 5.97 Å². The standard InChI is InChI=1S/C13H25NO4/c1-4-5-18-9-12(15)14-8-11(6-10(2)3)7-13(16)17/h10-11H,4-9H2,1-3H3,(H,14,15)(H,16,17). The van der Waals surface area contributed by atoms with E-state index in [0.717, 1.165) is 12.8 Å². The molecule has 0 aromatic carbocycles. The van der Waals surface area contributed by atoms with Crippen molar-refractivity contribution >= 4 is 11.9 Å². The molecule has 0 aliphatic rings. The van der Waals surface area contributed by atoms with Gasteiger partial charge in [-0.3, -0.25) is 9.59 Å². The van der Waals surface area contributed by atoms with E-state index in [4.69, 9.17) is 9.84 Å². The summed E-state index contributed by atoms with van der Waals surface area (Å²) >= 11 is 0. The van der Waals surface area contributed by atoms with Gasteiger partial charge in [0.25, 0.3) is 0 Å². The number of carbonyl (C=O) groups excluding carboxylic acids is 1. The van der Waals surface area contributed by atoms with Gasteiger partial charge in [-0.05, 0) is 24.7 Å². The van der Waals surface area contributed by atoms with Crippen LogP contribution in [0.25, 0.3) is 0 Å². The van der Waals surface area contributed by atoms with Crippen LogP contribution in [-0.2, 0) is 14.3 Å². The van der Waals surface area contributed by atoms with E-state index in [-0.39, 0.29) is 24.9 Å². The van der Waals surface area contributed by atoms with Gasteiger partial charge in [-0.25, -0.2) is 0 Å². The molecule has 106 valence electrons. The SMILES string of the molecule is CCCOCC(=O)NCC(CC(=O)O)CC(C)C. The second kappa shape index (κ2) is 9.88. The van der Waals surface area contributed by atoms with Crippen LogP contribution in [-0.4, -0.2) is 36.7 Å². The van der Waals surface area contributed by atoms with Crippen LogP contribution < -0.4 is 5.32 Å². The lowest BCUT2D eigenvalue weighted by Gasteiger charge is -2.17. The number of aliphatic carboxylic acids is 1. The lowest BCUT2D eigenvalue weighted by molar-refractivity contribution is -0.138. The molecule has 0 fully saturated rings. The second-order valence-electron chi connectivity index (χ2n) is 4.95. The number of rotatable bonds is 10. The number of carboxylic acid groups (broad SMARTS) is 1. The molecule has 1 unspecified atom stereocenters. The number of hydrogen-bond acceptors (Lipinski definition) is 3. The Labute approximate surface area is 109 Å². The van der Waals surface area contributed by atoms with Crippen molar-refractivity contribution in [1.82, 2.24) is 5.32 Å². The Morgan fingerprint density at radius 2 is 2.00 bits per heavy atom. The summed E-state index contributed by atoms with van der Waals surface area (Å²) in [6.07, 6.45) is 1.76. The fourth-order valence-corrected chi connectivity index (χ4v) is 1.77. The lowest BCUT2D eigenvalue weighted by atomic mass is 9.94. The molecule has 0 aromatic rings. The first kappa shape index (κ1) is 16.9. The highest BCUT2D eigenvalue weighted by molar-refractivity contribution is 5.77. The van der Waals surface area contributed by atoms with Gasteiger partial charge in [-0.2, -0.15) is 0 Å². The molecule has 0 aromatic heterocycles. The Balaban J connectivity index is 3.93. The normalized spacial score (nSPS) is 12.4. The largest absolute Gasteiger partial charge is 0.481 e. The van der Waals surface area contributed by atoms with E-state index in [1.54, 1.807) is 0 Å². The summed E-state index contributed by atoms with van der Waals surface area (Å²) in [7, 11) is 0. The van der Waals surface area contributed by atoms with E-state index in [1.807, 2.05) is 20.8 Å². The van der Waals surface area contributed by atoms with Crippen LogP contribution in [0.4, 0.5) is 0 Å². The van der Waals surface area contributed by atoms with Gasteiger partial charge in [0, 0.05) is 19.6 Å². The van der Waals surface area contributed by atoms with Gasteiger partial charge < -0.3 is 15.2 Å². The molecular formula is C13H25NO4. The first-order valence-electron chi connectivity index (χ1n) is 6.51. The summed E-state index contributed by atoms with van der Waals surface area (Å²) in [4.78, 5) is 22.1. The third-order valence-electron chi connectivity index (χ3n) is 2.44. The summed E-state index contributed by atoms with van der Waals surface area (Å²) in [5.41, 5.74) is 0. The molecule has 0 aliphatic heterocycles. The van der Waals surface area contributed by atoms with Crippen molar-refractivity contribution < 1.29 is 19.4 Å². The van der Waals surface area contributed by atoms with Crippen molar-refractivity contribution in [2.45, 2.75) is 40.0 Å². The van der Waals surface area contributed by atoms with Gasteiger partial charge in [0.05, 0.1) is 0 Å². The number of amides is 1. The average molecular weight is 259 g/mol. The third-order valence-corrected chi connectivity index (χ3v) is 2.44. The molecule has 0 bridgehead atoms. The minimum Gasteiger partial charge on any atom is -0.481 e. The second-order valence-corrected chi connectivity index (χ2v) is 4.95. The first-order chi connectivity index (χ1) is 8.45. The van der Waals surface area contributed by atoms with Gasteiger partial charge in [-0.15, -0.1) is 0 Å². The van der Waals surface area contributed by atoms with Crippen LogP contribution in [0.2, 0.25) is 0 Å². The quantitative estimate of drug-likeness (QED) is 0.585. The van der Waals surface area contributed by atoms with Gasteiger partial charge >= 0.3 is 5.97 Å². The Morgan fingerprint density at radius 3 is 2.50 bits per heavy atom. The summed E-state index contributed by atoms with van der Waals surface area (Å²) in [5.74, 6) is -0.597. The van der Waals surface area contributed by atoms with Crippen LogP contribution in [0.5, 0.6) is 0 Å². The fraction of sp³-hybridized carbons (Fsp3) is 0.846. The summed E-state index contributed by atoms with van der Waals surface area (Å²) < 4.78 is 5.11. The number of nitrogens with one attached hydrogen (secondary N) is 1. The number of carbonyl (C=O) groups is 2. The highest BCUT2D eigenvalue weighted by Crippen LogP contribution is 2.14. The molecule has 0 saturated carbocycles. The number of carboxylic acids is 1. The van der Waals surface area contributed by atoms with Crippen molar-refractivity contribution in [3.63, 3.8) is 0 Å². The van der Waals surface area contributed by atoms with Crippen molar-refractivity contribution in [2.24, 2.45) is 11.8 Å². The minimum atomic E-state index is -0.822. The van der Waals surface area contributed by atoms with Crippen molar-refractivity contribution in [2.75, 3.05) is 19.8 Å². The predicted molar refractivity (Wildman–Crippen MR) is 69.3 cm³/mol. The van der Waals surface area contributed by atoms with E-state index in [1.165, 1.54) is 0 Å². The average Bonchev–Trinajstić information content (AvgIpc) is 2.25. The maximum atomic E-state index is 11.4. The van der Waals surface area contributed by atoms with Crippen LogP contribution >= 0.6 is 0 Å². The molecule has 0 rings (SSSR count). The molecule has 5 nitrogen and oxygen atoms in total. The van der Waals surface area contributed by atoms with Crippen molar-refractivity contribution in [3.8, 4) is 0 Å².